The van der Waals surface area contributed by atoms with E-state index in [4.69, 9.17) is 0 Å². The first-order valence-electron chi connectivity index (χ1n) is 9.21. The van der Waals surface area contributed by atoms with Crippen LogP contribution in [0.5, 0.6) is 0 Å². The molecular weight excluding hydrogens is 260 g/mol. The molecule has 1 aliphatic rings. The van der Waals surface area contributed by atoms with E-state index in [9.17, 15) is 10.2 Å². The fourth-order valence-electron chi connectivity index (χ4n) is 3.10. The van der Waals surface area contributed by atoms with Crippen LogP contribution >= 0.6 is 0 Å². The molecule has 0 bridgehead atoms. The number of hydrogen-bond acceptors (Lipinski definition) is 2. The van der Waals surface area contributed by atoms with E-state index in [-0.39, 0.29) is 18.1 Å². The summed E-state index contributed by atoms with van der Waals surface area (Å²) in [4.78, 5) is 0. The second-order valence-electron chi connectivity index (χ2n) is 6.06. The molecule has 2 unspecified atom stereocenters. The molecule has 126 valence electrons. The van der Waals surface area contributed by atoms with Gasteiger partial charge in [0.05, 0.1) is 12.2 Å². The zero-order chi connectivity index (χ0) is 16.1. The van der Waals surface area contributed by atoms with Gasteiger partial charge in [-0.15, -0.1) is 0 Å². The predicted octanol–water partition coefficient (Wildman–Crippen LogP) is 5.09. The normalized spacial score (nSPS) is 26.7. The highest BCUT2D eigenvalue weighted by atomic mass is 16.3. The smallest absolute Gasteiger partial charge is 0.0605 e. The Morgan fingerprint density at radius 1 is 1.10 bits per heavy atom. The van der Waals surface area contributed by atoms with Gasteiger partial charge in [0.25, 0.3) is 0 Å². The average molecular weight is 299 g/mol. The van der Waals surface area contributed by atoms with E-state index < -0.39 is 0 Å². The minimum Gasteiger partial charge on any atom is -0.393 e. The molecule has 21 heavy (non-hydrogen) atoms. The topological polar surface area (TPSA) is 40.5 Å². The molecule has 0 aromatic rings. The molecule has 0 aromatic heterocycles. The van der Waals surface area contributed by atoms with E-state index in [1.807, 2.05) is 20.8 Å². The molecule has 0 spiro atoms. The highest BCUT2D eigenvalue weighted by molar-refractivity contribution is 4.99. The molecule has 0 saturated heterocycles. The Balaban J connectivity index is 0.00000191. The summed E-state index contributed by atoms with van der Waals surface area (Å²) in [6.45, 7) is 8.25. The SMILES string of the molecule is CC.CCCCCC/C=C/C1[C@@H](CC(O)CC)CC[C@H]1O. The van der Waals surface area contributed by atoms with Crippen molar-refractivity contribution in [3.8, 4) is 0 Å². The second kappa shape index (κ2) is 13.3. The van der Waals surface area contributed by atoms with Crippen LogP contribution < -0.4 is 0 Å². The maximum atomic E-state index is 10.1. The van der Waals surface area contributed by atoms with Crippen LogP contribution in [-0.2, 0) is 0 Å². The van der Waals surface area contributed by atoms with E-state index in [2.05, 4.69) is 19.1 Å². The zero-order valence-corrected chi connectivity index (χ0v) is 14.7. The first-order valence-corrected chi connectivity index (χ1v) is 9.21. The van der Waals surface area contributed by atoms with Gasteiger partial charge in [-0.2, -0.15) is 0 Å². The summed E-state index contributed by atoms with van der Waals surface area (Å²) in [6, 6.07) is 0. The largest absolute Gasteiger partial charge is 0.393 e. The maximum Gasteiger partial charge on any atom is 0.0605 e. The van der Waals surface area contributed by atoms with Gasteiger partial charge in [-0.1, -0.05) is 59.1 Å². The molecule has 0 radical (unpaired) electrons. The molecule has 4 atom stereocenters. The molecule has 0 heterocycles. The van der Waals surface area contributed by atoms with Crippen molar-refractivity contribution in [1.29, 1.82) is 0 Å². The van der Waals surface area contributed by atoms with Crippen LogP contribution in [0.3, 0.4) is 0 Å². The molecule has 2 N–H and O–H groups in total. The molecule has 0 amide bonds. The van der Waals surface area contributed by atoms with Gasteiger partial charge >= 0.3 is 0 Å². The third kappa shape index (κ3) is 8.63. The quantitative estimate of drug-likeness (QED) is 0.460. The lowest BCUT2D eigenvalue weighted by atomic mass is 9.88. The summed E-state index contributed by atoms with van der Waals surface area (Å²) in [5, 5.41) is 19.8. The third-order valence-corrected chi connectivity index (χ3v) is 4.45. The summed E-state index contributed by atoms with van der Waals surface area (Å²) < 4.78 is 0. The summed E-state index contributed by atoms with van der Waals surface area (Å²) >= 11 is 0. The fraction of sp³-hybridized carbons (Fsp3) is 0.895. The second-order valence-corrected chi connectivity index (χ2v) is 6.06. The number of aliphatic hydroxyl groups is 2. The Labute approximate surface area is 132 Å². The number of rotatable bonds is 9. The molecule has 2 nitrogen and oxygen atoms in total. The zero-order valence-electron chi connectivity index (χ0n) is 14.7. The van der Waals surface area contributed by atoms with Gasteiger partial charge in [0.15, 0.2) is 0 Å². The van der Waals surface area contributed by atoms with Gasteiger partial charge in [-0.3, -0.25) is 0 Å². The molecule has 1 fully saturated rings. The number of allylic oxidation sites excluding steroid dienone is 1. The summed E-state index contributed by atoms with van der Waals surface area (Å²) in [6.07, 6.45) is 14.0. The molecule has 0 aliphatic heterocycles. The van der Waals surface area contributed by atoms with E-state index in [1.165, 1.54) is 25.7 Å². The monoisotopic (exact) mass is 298 g/mol. The van der Waals surface area contributed by atoms with Gasteiger partial charge in [0.2, 0.25) is 0 Å². The van der Waals surface area contributed by atoms with Crippen LogP contribution in [0.25, 0.3) is 0 Å². The summed E-state index contributed by atoms with van der Waals surface area (Å²) in [5.41, 5.74) is 0. The lowest BCUT2D eigenvalue weighted by Crippen LogP contribution is -2.20. The van der Waals surface area contributed by atoms with Crippen molar-refractivity contribution in [3.63, 3.8) is 0 Å². The molecule has 0 aromatic carbocycles. The summed E-state index contributed by atoms with van der Waals surface area (Å²) in [5.74, 6) is 0.740. The number of hydrogen-bond donors (Lipinski definition) is 2. The van der Waals surface area contributed by atoms with Crippen molar-refractivity contribution in [2.45, 2.75) is 97.7 Å². The fourth-order valence-corrected chi connectivity index (χ4v) is 3.10. The lowest BCUT2D eigenvalue weighted by molar-refractivity contribution is 0.107. The Morgan fingerprint density at radius 3 is 2.43 bits per heavy atom. The maximum absolute atomic E-state index is 10.1. The first kappa shape index (κ1) is 20.7. The van der Waals surface area contributed by atoms with Crippen molar-refractivity contribution in [1.82, 2.24) is 0 Å². The summed E-state index contributed by atoms with van der Waals surface area (Å²) in [7, 11) is 0. The molecule has 1 rings (SSSR count). The van der Waals surface area contributed by atoms with Crippen molar-refractivity contribution in [2.24, 2.45) is 11.8 Å². The van der Waals surface area contributed by atoms with Gasteiger partial charge < -0.3 is 10.2 Å². The first-order chi connectivity index (χ1) is 10.2. The minimum absolute atomic E-state index is 0.194. The van der Waals surface area contributed by atoms with E-state index >= 15 is 0 Å². The van der Waals surface area contributed by atoms with Crippen molar-refractivity contribution in [2.75, 3.05) is 0 Å². The van der Waals surface area contributed by atoms with Crippen molar-refractivity contribution >= 4 is 0 Å². The Hall–Kier alpha value is -0.340. The standard InChI is InChI=1S/C17H32O2.C2H6/c1-3-5-6-7-8-9-10-16-14(11-12-17(16)19)13-15(18)4-2;1-2/h9-10,14-19H,3-8,11-13H2,1-2H3;1-2H3/b10-9+;/t14-,15?,16?,17-;/m1./s1. The Kier molecular flexibility index (Phi) is 13.1. The average Bonchev–Trinajstić information content (AvgIpc) is 2.85. The molecular formula is C19H38O2. The van der Waals surface area contributed by atoms with Gasteiger partial charge in [0, 0.05) is 5.92 Å². The van der Waals surface area contributed by atoms with Crippen LogP contribution in [0.4, 0.5) is 0 Å². The number of unbranched alkanes of at least 4 members (excludes halogenated alkanes) is 4. The van der Waals surface area contributed by atoms with E-state index in [0.717, 1.165) is 32.1 Å². The van der Waals surface area contributed by atoms with Crippen LogP contribution in [0.15, 0.2) is 12.2 Å². The van der Waals surface area contributed by atoms with Gasteiger partial charge in [-0.05, 0) is 44.4 Å². The highest BCUT2D eigenvalue weighted by Gasteiger charge is 2.33. The number of aliphatic hydroxyl groups excluding tert-OH is 2. The predicted molar refractivity (Wildman–Crippen MR) is 92.4 cm³/mol. The van der Waals surface area contributed by atoms with Crippen molar-refractivity contribution < 1.29 is 10.2 Å². The molecule has 2 heteroatoms. The van der Waals surface area contributed by atoms with Crippen LogP contribution in [0.1, 0.15) is 85.5 Å². The highest BCUT2D eigenvalue weighted by Crippen LogP contribution is 2.36. The lowest BCUT2D eigenvalue weighted by Gasteiger charge is -2.21. The van der Waals surface area contributed by atoms with Crippen LogP contribution in [0, 0.1) is 11.8 Å². The van der Waals surface area contributed by atoms with E-state index in [1.54, 1.807) is 0 Å². The van der Waals surface area contributed by atoms with Crippen LogP contribution in [0.2, 0.25) is 0 Å². The van der Waals surface area contributed by atoms with Crippen LogP contribution in [-0.4, -0.2) is 22.4 Å². The molecule has 1 saturated carbocycles. The van der Waals surface area contributed by atoms with Gasteiger partial charge in [0.1, 0.15) is 0 Å². The minimum atomic E-state index is -0.198. The molecule has 1 aliphatic carbocycles. The Morgan fingerprint density at radius 2 is 1.81 bits per heavy atom. The van der Waals surface area contributed by atoms with E-state index in [0.29, 0.717) is 5.92 Å². The third-order valence-electron chi connectivity index (χ3n) is 4.45. The Bertz CT molecular complexity index is 250. The van der Waals surface area contributed by atoms with Crippen molar-refractivity contribution in [3.05, 3.63) is 12.2 Å². The van der Waals surface area contributed by atoms with Gasteiger partial charge in [-0.25, -0.2) is 0 Å².